The van der Waals surface area contributed by atoms with Crippen LogP contribution < -0.4 is 0 Å². The first-order chi connectivity index (χ1) is 3.79. The van der Waals surface area contributed by atoms with Crippen LogP contribution in [0.15, 0.2) is 17.1 Å². The molecule has 1 atom stereocenters. The Kier molecular flexibility index (Phi) is 1.37. The van der Waals surface area contributed by atoms with E-state index < -0.39 is 12.3 Å². The monoisotopic (exact) mass is 117 g/mol. The van der Waals surface area contributed by atoms with Crippen LogP contribution in [0.3, 0.4) is 0 Å². The van der Waals surface area contributed by atoms with Crippen molar-refractivity contribution in [1.82, 2.24) is 0 Å². The first kappa shape index (κ1) is 5.41. The van der Waals surface area contributed by atoms with Gasteiger partial charge in [-0.3, -0.25) is 0 Å². The molecular weight excluding hydrogens is 112 g/mol. The van der Waals surface area contributed by atoms with Crippen molar-refractivity contribution in [3.63, 3.8) is 0 Å². The van der Waals surface area contributed by atoms with E-state index in [9.17, 15) is 8.78 Å². The lowest BCUT2D eigenvalue weighted by molar-refractivity contribution is 0.345. The lowest BCUT2D eigenvalue weighted by atomic mass is 10.3. The minimum atomic E-state index is -1.36. The second kappa shape index (κ2) is 2.03. The number of allylic oxidation sites excluding steroid dienone is 1. The Balaban J connectivity index is 2.63. The Morgan fingerprint density at radius 2 is 2.50 bits per heavy atom. The fourth-order valence-corrected chi connectivity index (χ4v) is 0.507. The third-order valence-electron chi connectivity index (χ3n) is 0.849. The number of halogens is 2. The van der Waals surface area contributed by atoms with Gasteiger partial charge in [-0.1, -0.05) is 6.08 Å². The van der Waals surface area contributed by atoms with Crippen molar-refractivity contribution in [1.29, 1.82) is 0 Å². The molecule has 0 fully saturated rings. The Hall–Kier alpha value is -0.730. The predicted molar refractivity (Wildman–Crippen MR) is 27.2 cm³/mol. The van der Waals surface area contributed by atoms with Crippen molar-refractivity contribution >= 4 is 5.97 Å². The first-order valence-electron chi connectivity index (χ1n) is 2.33. The zero-order valence-corrected chi connectivity index (χ0v) is 4.14. The second-order valence-electron chi connectivity index (χ2n) is 1.52. The molecule has 1 unspecified atom stereocenters. The van der Waals surface area contributed by atoms with Crippen molar-refractivity contribution < 1.29 is 8.78 Å². The zero-order valence-electron chi connectivity index (χ0n) is 4.14. The molecule has 0 bridgehead atoms. The molecule has 0 aromatic carbocycles. The molecule has 1 rings (SSSR count). The molecule has 0 amide bonds. The third kappa shape index (κ3) is 1.12. The van der Waals surface area contributed by atoms with Gasteiger partial charge < -0.3 is 0 Å². The summed E-state index contributed by atoms with van der Waals surface area (Å²) in [5, 5.41) is 0. The molecule has 3 heteroatoms. The van der Waals surface area contributed by atoms with E-state index in [0.29, 0.717) is 0 Å². The van der Waals surface area contributed by atoms with E-state index in [0.717, 1.165) is 6.08 Å². The lowest BCUT2D eigenvalue weighted by Gasteiger charge is -2.00. The van der Waals surface area contributed by atoms with Crippen LogP contribution in [0.4, 0.5) is 8.78 Å². The average Bonchev–Trinajstić information content (AvgIpc) is 1.64. The Bertz CT molecular complexity index is 139. The van der Waals surface area contributed by atoms with Crippen LogP contribution in [0.1, 0.15) is 6.42 Å². The first-order valence-corrected chi connectivity index (χ1v) is 2.33. The summed E-state index contributed by atoms with van der Waals surface area (Å²) in [5.41, 5.74) is 0. The maximum Gasteiger partial charge on any atom is 0.210 e. The number of aliphatic imine (C=N–C) groups is 1. The Morgan fingerprint density at radius 1 is 1.75 bits per heavy atom. The van der Waals surface area contributed by atoms with Gasteiger partial charge in [0.2, 0.25) is 5.97 Å². The van der Waals surface area contributed by atoms with E-state index >= 15 is 0 Å². The smallest absolute Gasteiger partial charge is 0.210 e. The van der Waals surface area contributed by atoms with Crippen LogP contribution >= 0.6 is 0 Å². The van der Waals surface area contributed by atoms with Gasteiger partial charge in [0.05, 0.1) is 0 Å². The van der Waals surface area contributed by atoms with Crippen LogP contribution in [-0.4, -0.2) is 12.3 Å². The SMILES string of the molecule is FC1=NC(F)CC=C1. The second-order valence-corrected chi connectivity index (χ2v) is 1.52. The molecule has 0 N–H and O–H groups in total. The van der Waals surface area contributed by atoms with Gasteiger partial charge in [0.25, 0.3) is 0 Å². The Labute approximate surface area is 45.7 Å². The van der Waals surface area contributed by atoms with Crippen LogP contribution in [-0.2, 0) is 0 Å². The summed E-state index contributed by atoms with van der Waals surface area (Å²) in [6, 6.07) is 0. The molecule has 1 nitrogen and oxygen atoms in total. The van der Waals surface area contributed by atoms with Gasteiger partial charge in [-0.05, 0) is 6.08 Å². The minimum Gasteiger partial charge on any atom is -0.221 e. The fourth-order valence-electron chi connectivity index (χ4n) is 0.507. The number of hydrogen-bond donors (Lipinski definition) is 0. The third-order valence-corrected chi connectivity index (χ3v) is 0.849. The molecule has 0 saturated heterocycles. The summed E-state index contributed by atoms with van der Waals surface area (Å²) in [6.07, 6.45) is 1.43. The van der Waals surface area contributed by atoms with Crippen LogP contribution in [0.5, 0.6) is 0 Å². The highest BCUT2D eigenvalue weighted by atomic mass is 19.1. The quantitative estimate of drug-likeness (QED) is 0.427. The molecule has 1 heterocycles. The summed E-state index contributed by atoms with van der Waals surface area (Å²) in [5.74, 6) is -0.719. The molecule has 1 aliphatic heterocycles. The summed E-state index contributed by atoms with van der Waals surface area (Å²) in [4.78, 5) is 2.98. The molecule has 0 aromatic heterocycles. The molecule has 8 heavy (non-hydrogen) atoms. The maximum absolute atomic E-state index is 12.0. The fraction of sp³-hybridized carbons (Fsp3) is 0.400. The highest BCUT2D eigenvalue weighted by Gasteiger charge is 2.06. The largest absolute Gasteiger partial charge is 0.221 e. The highest BCUT2D eigenvalue weighted by Crippen LogP contribution is 2.07. The number of nitrogens with zero attached hydrogens (tertiary/aromatic N) is 1. The van der Waals surface area contributed by atoms with Gasteiger partial charge in [0.15, 0.2) is 6.30 Å². The van der Waals surface area contributed by atoms with Gasteiger partial charge in [-0.2, -0.15) is 4.39 Å². The van der Waals surface area contributed by atoms with E-state index in [4.69, 9.17) is 0 Å². The van der Waals surface area contributed by atoms with Crippen LogP contribution in [0.2, 0.25) is 0 Å². The number of dihydropyridines is 1. The molecule has 0 aliphatic carbocycles. The summed E-state index contributed by atoms with van der Waals surface area (Å²) >= 11 is 0. The maximum atomic E-state index is 12.0. The number of rotatable bonds is 0. The van der Waals surface area contributed by atoms with Crippen molar-refractivity contribution in [3.8, 4) is 0 Å². The molecule has 1 aliphatic rings. The Morgan fingerprint density at radius 3 is 2.88 bits per heavy atom. The van der Waals surface area contributed by atoms with Gasteiger partial charge in [0, 0.05) is 6.42 Å². The standard InChI is InChI=1S/C5H5F2N/c6-4-2-1-3-5(7)8-4/h1-2,5H,3H2. The molecule has 0 aromatic rings. The van der Waals surface area contributed by atoms with Crippen LogP contribution in [0, 0.1) is 0 Å². The van der Waals surface area contributed by atoms with Gasteiger partial charge in [-0.15, -0.1) is 0 Å². The predicted octanol–water partition coefficient (Wildman–Crippen LogP) is 1.61. The van der Waals surface area contributed by atoms with E-state index in [-0.39, 0.29) is 6.42 Å². The van der Waals surface area contributed by atoms with Crippen molar-refractivity contribution in [2.75, 3.05) is 0 Å². The van der Waals surface area contributed by atoms with E-state index in [2.05, 4.69) is 4.99 Å². The molecule has 0 radical (unpaired) electrons. The summed E-state index contributed by atoms with van der Waals surface area (Å²) < 4.78 is 23.8. The lowest BCUT2D eigenvalue weighted by Crippen LogP contribution is -2.01. The average molecular weight is 117 g/mol. The van der Waals surface area contributed by atoms with E-state index in [1.165, 1.54) is 6.08 Å². The molecule has 0 saturated carbocycles. The van der Waals surface area contributed by atoms with Crippen molar-refractivity contribution in [2.24, 2.45) is 4.99 Å². The highest BCUT2D eigenvalue weighted by molar-refractivity contribution is 5.87. The minimum absolute atomic E-state index is 0.202. The summed E-state index contributed by atoms with van der Waals surface area (Å²) in [6.45, 7) is 0. The van der Waals surface area contributed by atoms with Crippen LogP contribution in [0.25, 0.3) is 0 Å². The topological polar surface area (TPSA) is 12.4 Å². The van der Waals surface area contributed by atoms with Gasteiger partial charge >= 0.3 is 0 Å². The molecule has 44 valence electrons. The molecule has 0 spiro atoms. The van der Waals surface area contributed by atoms with E-state index in [1.54, 1.807) is 0 Å². The zero-order chi connectivity index (χ0) is 5.98. The normalized spacial score (nSPS) is 27.8. The number of alkyl halides is 1. The van der Waals surface area contributed by atoms with E-state index in [1.807, 2.05) is 0 Å². The molecular formula is C5H5F2N. The van der Waals surface area contributed by atoms with Crippen molar-refractivity contribution in [2.45, 2.75) is 12.7 Å². The number of hydrogen-bond acceptors (Lipinski definition) is 1. The van der Waals surface area contributed by atoms with Gasteiger partial charge in [-0.25, -0.2) is 9.38 Å². The van der Waals surface area contributed by atoms with Crippen molar-refractivity contribution in [3.05, 3.63) is 12.2 Å². The van der Waals surface area contributed by atoms with Gasteiger partial charge in [0.1, 0.15) is 0 Å². The summed E-state index contributed by atoms with van der Waals surface area (Å²) in [7, 11) is 0.